The molecule has 0 amide bonds. The molecule has 38 heavy (non-hydrogen) atoms. The number of piperidine rings is 1. The molecule has 0 spiro atoms. The van der Waals surface area contributed by atoms with Crippen molar-refractivity contribution in [3.05, 3.63) is 75.7 Å². The summed E-state index contributed by atoms with van der Waals surface area (Å²) < 4.78 is 52.0. The highest BCUT2D eigenvalue weighted by Crippen LogP contribution is 2.33. The maximum absolute atomic E-state index is 13.0. The maximum Gasteiger partial charge on any atom is 0.416 e. The number of anilines is 1. The standard InChI is InChI=1S/C25H26ClF3N4O5/c1-16(34)13-23(32-15-22(33(35)36)30-24(32)26)38-19-7-5-18(6-8-19)31-11-9-20(10-12-31)37-21-4-2-3-17(14-21)25(27,28)29/h2-8,14-16,20,23,34H,9-13H2,1H3. The average Bonchev–Trinajstić information content (AvgIpc) is 3.26. The van der Waals surface area contributed by atoms with Gasteiger partial charge >= 0.3 is 17.3 Å². The summed E-state index contributed by atoms with van der Waals surface area (Å²) in [7, 11) is 0. The van der Waals surface area contributed by atoms with Crippen molar-refractivity contribution in [1.82, 2.24) is 9.55 Å². The number of hydrogen-bond donors (Lipinski definition) is 1. The highest BCUT2D eigenvalue weighted by atomic mass is 35.5. The minimum Gasteiger partial charge on any atom is -0.490 e. The molecule has 2 unspecified atom stereocenters. The lowest BCUT2D eigenvalue weighted by Gasteiger charge is -2.34. The summed E-state index contributed by atoms with van der Waals surface area (Å²) in [4.78, 5) is 16.2. The van der Waals surface area contributed by atoms with Crippen LogP contribution in [0.15, 0.2) is 54.7 Å². The van der Waals surface area contributed by atoms with Crippen LogP contribution in [0.5, 0.6) is 11.5 Å². The molecule has 2 aromatic carbocycles. The molecule has 13 heteroatoms. The summed E-state index contributed by atoms with van der Waals surface area (Å²) in [5, 5.41) is 20.8. The Labute approximate surface area is 221 Å². The van der Waals surface area contributed by atoms with Gasteiger partial charge in [0, 0.05) is 38.0 Å². The molecule has 0 saturated carbocycles. The number of benzene rings is 2. The van der Waals surface area contributed by atoms with Crippen molar-refractivity contribution in [3.63, 3.8) is 0 Å². The van der Waals surface area contributed by atoms with Gasteiger partial charge in [-0.1, -0.05) is 6.07 Å². The van der Waals surface area contributed by atoms with Crippen molar-refractivity contribution >= 4 is 23.1 Å². The lowest BCUT2D eigenvalue weighted by molar-refractivity contribution is -0.389. The first-order chi connectivity index (χ1) is 18.0. The van der Waals surface area contributed by atoms with Gasteiger partial charge in [0.25, 0.3) is 0 Å². The van der Waals surface area contributed by atoms with Crippen molar-refractivity contribution in [2.45, 2.75) is 50.8 Å². The fourth-order valence-corrected chi connectivity index (χ4v) is 4.47. The number of nitrogens with zero attached hydrogens (tertiary/aromatic N) is 4. The molecule has 0 radical (unpaired) electrons. The van der Waals surface area contributed by atoms with Crippen LogP contribution in [0, 0.1) is 10.1 Å². The molecule has 0 aliphatic carbocycles. The molecule has 1 aliphatic rings. The van der Waals surface area contributed by atoms with Gasteiger partial charge in [-0.3, -0.25) is 4.57 Å². The number of imidazole rings is 1. The van der Waals surface area contributed by atoms with E-state index in [4.69, 9.17) is 21.1 Å². The number of alkyl halides is 3. The number of halogens is 4. The molecule has 204 valence electrons. The number of aliphatic hydroxyl groups is 1. The molecule has 2 heterocycles. The van der Waals surface area contributed by atoms with Crippen molar-refractivity contribution in [2.75, 3.05) is 18.0 Å². The Kier molecular flexibility index (Phi) is 8.32. The summed E-state index contributed by atoms with van der Waals surface area (Å²) in [6, 6.07) is 12.1. The van der Waals surface area contributed by atoms with Crippen LogP contribution in [0.4, 0.5) is 24.7 Å². The lowest BCUT2D eigenvalue weighted by atomic mass is 10.1. The van der Waals surface area contributed by atoms with E-state index in [1.807, 2.05) is 12.1 Å². The van der Waals surface area contributed by atoms with Crippen LogP contribution in [0.25, 0.3) is 0 Å². The number of hydrogen-bond acceptors (Lipinski definition) is 7. The Bertz CT molecular complexity index is 1240. The fraction of sp³-hybridized carbons (Fsp3) is 0.400. The van der Waals surface area contributed by atoms with E-state index in [9.17, 15) is 28.4 Å². The van der Waals surface area contributed by atoms with Gasteiger partial charge in [-0.25, -0.2) is 0 Å². The minimum atomic E-state index is -4.42. The first-order valence-corrected chi connectivity index (χ1v) is 12.3. The van der Waals surface area contributed by atoms with Crippen molar-refractivity contribution in [3.8, 4) is 11.5 Å². The molecule has 4 rings (SSSR count). The second-order valence-corrected chi connectivity index (χ2v) is 9.35. The van der Waals surface area contributed by atoms with Crippen LogP contribution in [0.1, 0.15) is 38.0 Å². The van der Waals surface area contributed by atoms with Crippen LogP contribution >= 0.6 is 11.6 Å². The molecule has 0 bridgehead atoms. The molecule has 2 atom stereocenters. The third-order valence-electron chi connectivity index (χ3n) is 6.09. The molecular weight excluding hydrogens is 529 g/mol. The summed E-state index contributed by atoms with van der Waals surface area (Å²) >= 11 is 6.07. The zero-order chi connectivity index (χ0) is 27.4. The van der Waals surface area contributed by atoms with Crippen LogP contribution in [-0.4, -0.2) is 44.9 Å². The number of rotatable bonds is 9. The van der Waals surface area contributed by atoms with Gasteiger partial charge in [-0.2, -0.15) is 13.2 Å². The third kappa shape index (κ3) is 6.87. The smallest absolute Gasteiger partial charge is 0.416 e. The number of ether oxygens (including phenoxy) is 2. The van der Waals surface area contributed by atoms with E-state index in [0.717, 1.165) is 24.0 Å². The predicted molar refractivity (Wildman–Crippen MR) is 134 cm³/mol. The zero-order valence-electron chi connectivity index (χ0n) is 20.3. The van der Waals surface area contributed by atoms with Gasteiger partial charge in [-0.05, 0) is 70.9 Å². The lowest BCUT2D eigenvalue weighted by Crippen LogP contribution is -2.38. The molecule has 3 aromatic rings. The Morgan fingerprint density at radius 3 is 2.45 bits per heavy atom. The number of aromatic nitrogens is 2. The summed E-state index contributed by atoms with van der Waals surface area (Å²) in [5.41, 5.74) is 0.192. The van der Waals surface area contributed by atoms with E-state index < -0.39 is 34.8 Å². The predicted octanol–water partition coefficient (Wildman–Crippen LogP) is 5.86. The second-order valence-electron chi connectivity index (χ2n) is 9.01. The van der Waals surface area contributed by atoms with Crippen LogP contribution in [0.3, 0.4) is 0 Å². The first kappa shape index (κ1) is 27.5. The van der Waals surface area contributed by atoms with Crippen molar-refractivity contribution < 1.29 is 32.7 Å². The van der Waals surface area contributed by atoms with Gasteiger partial charge in [-0.15, -0.1) is 0 Å². The average molecular weight is 555 g/mol. The van der Waals surface area contributed by atoms with Gasteiger partial charge in [0.2, 0.25) is 0 Å². The number of nitro groups is 1. The second kappa shape index (κ2) is 11.5. The monoisotopic (exact) mass is 554 g/mol. The van der Waals surface area contributed by atoms with Crippen LogP contribution in [-0.2, 0) is 6.18 Å². The largest absolute Gasteiger partial charge is 0.490 e. The van der Waals surface area contributed by atoms with Crippen molar-refractivity contribution in [1.29, 1.82) is 0 Å². The third-order valence-corrected chi connectivity index (χ3v) is 6.37. The fourth-order valence-electron chi connectivity index (χ4n) is 4.22. The van der Waals surface area contributed by atoms with Gasteiger partial charge < -0.3 is 29.6 Å². The minimum absolute atomic E-state index is 0.119. The van der Waals surface area contributed by atoms with E-state index >= 15 is 0 Å². The van der Waals surface area contributed by atoms with Crippen LogP contribution in [0.2, 0.25) is 5.28 Å². The topological polar surface area (TPSA) is 103 Å². The molecule has 1 saturated heterocycles. The SMILES string of the molecule is CC(O)CC(Oc1ccc(N2CCC(Oc3cccc(C(F)(F)F)c3)CC2)cc1)n1cc([N+](=O)[O-])nc1Cl. The van der Waals surface area contributed by atoms with E-state index in [2.05, 4.69) is 9.88 Å². The molecule has 1 N–H and O–H groups in total. The molecule has 1 aliphatic heterocycles. The first-order valence-electron chi connectivity index (χ1n) is 11.9. The quantitative estimate of drug-likeness (QED) is 0.261. The maximum atomic E-state index is 13.0. The summed E-state index contributed by atoms with van der Waals surface area (Å²) in [6.07, 6.45) is -3.63. The van der Waals surface area contributed by atoms with Crippen molar-refractivity contribution in [2.24, 2.45) is 0 Å². The highest BCUT2D eigenvalue weighted by molar-refractivity contribution is 6.28. The van der Waals surface area contributed by atoms with Crippen LogP contribution < -0.4 is 14.4 Å². The van der Waals surface area contributed by atoms with E-state index in [1.54, 1.807) is 19.1 Å². The highest BCUT2D eigenvalue weighted by Gasteiger charge is 2.31. The zero-order valence-corrected chi connectivity index (χ0v) is 21.1. The Morgan fingerprint density at radius 2 is 1.87 bits per heavy atom. The Balaban J connectivity index is 1.36. The van der Waals surface area contributed by atoms with E-state index in [0.29, 0.717) is 31.7 Å². The van der Waals surface area contributed by atoms with E-state index in [-0.39, 0.29) is 23.6 Å². The van der Waals surface area contributed by atoms with E-state index in [1.165, 1.54) is 16.7 Å². The molecule has 1 aromatic heterocycles. The Morgan fingerprint density at radius 1 is 1.18 bits per heavy atom. The van der Waals surface area contributed by atoms with Gasteiger partial charge in [0.1, 0.15) is 23.8 Å². The Hall–Kier alpha value is -3.51. The number of aliphatic hydroxyl groups excluding tert-OH is 1. The van der Waals surface area contributed by atoms with Gasteiger partial charge in [0.05, 0.1) is 11.7 Å². The summed E-state index contributed by atoms with van der Waals surface area (Å²) in [6.45, 7) is 2.88. The normalized spacial score (nSPS) is 16.2. The molecule has 9 nitrogen and oxygen atoms in total. The van der Waals surface area contributed by atoms with Gasteiger partial charge in [0.15, 0.2) is 6.23 Å². The molecule has 1 fully saturated rings. The molecular formula is C25H26ClF3N4O5. The summed E-state index contributed by atoms with van der Waals surface area (Å²) in [5.74, 6) is 0.245.